The van der Waals surface area contributed by atoms with Crippen LogP contribution in [0.2, 0.25) is 0 Å². The van der Waals surface area contributed by atoms with Crippen LogP contribution < -0.4 is 5.32 Å². The summed E-state index contributed by atoms with van der Waals surface area (Å²) in [7, 11) is 0. The van der Waals surface area contributed by atoms with Crippen molar-refractivity contribution in [1.82, 2.24) is 9.97 Å². The highest BCUT2D eigenvalue weighted by molar-refractivity contribution is 7.13. The second kappa shape index (κ2) is 7.35. The molecule has 20 heavy (non-hydrogen) atoms. The molecule has 1 N–H and O–H groups in total. The lowest BCUT2D eigenvalue weighted by Gasteiger charge is -2.08. The van der Waals surface area contributed by atoms with Crippen LogP contribution in [0, 0.1) is 0 Å². The Hall–Kier alpha value is -1.47. The molecule has 2 rings (SSSR count). The predicted molar refractivity (Wildman–Crippen MR) is 81.2 cm³/mol. The smallest absolute Gasteiger partial charge is 0.306 e. The maximum absolute atomic E-state index is 11.3. The van der Waals surface area contributed by atoms with Crippen LogP contribution in [-0.2, 0) is 16.0 Å². The van der Waals surface area contributed by atoms with Gasteiger partial charge < -0.3 is 10.1 Å². The molecule has 2 heterocycles. The first-order chi connectivity index (χ1) is 9.69. The molecule has 0 bridgehead atoms. The lowest BCUT2D eigenvalue weighted by atomic mass is 10.2. The second-order valence-corrected chi connectivity index (χ2v) is 5.97. The van der Waals surface area contributed by atoms with Crippen LogP contribution in [0.5, 0.6) is 0 Å². The van der Waals surface area contributed by atoms with E-state index < -0.39 is 0 Å². The van der Waals surface area contributed by atoms with E-state index in [9.17, 15) is 4.79 Å². The largest absolute Gasteiger partial charge is 0.466 e. The van der Waals surface area contributed by atoms with Crippen molar-refractivity contribution in [3.05, 3.63) is 27.7 Å². The van der Waals surface area contributed by atoms with Gasteiger partial charge in [0.2, 0.25) is 0 Å². The van der Waals surface area contributed by atoms with Crippen LogP contribution in [0.4, 0.5) is 5.13 Å². The van der Waals surface area contributed by atoms with Gasteiger partial charge in [-0.1, -0.05) is 0 Å². The molecule has 1 atom stereocenters. The molecule has 0 saturated heterocycles. The Labute approximate surface area is 126 Å². The first-order valence-electron chi connectivity index (χ1n) is 6.45. The molecule has 7 heteroatoms. The quantitative estimate of drug-likeness (QED) is 0.795. The molecule has 0 aliphatic heterocycles. The van der Waals surface area contributed by atoms with Crippen molar-refractivity contribution in [3.8, 4) is 0 Å². The summed E-state index contributed by atoms with van der Waals surface area (Å²) in [6.45, 7) is 4.29. The van der Waals surface area contributed by atoms with Gasteiger partial charge in [0.15, 0.2) is 5.13 Å². The van der Waals surface area contributed by atoms with Crippen molar-refractivity contribution in [3.63, 3.8) is 0 Å². The third-order valence-corrected chi connectivity index (χ3v) is 4.38. The van der Waals surface area contributed by atoms with Crippen LogP contribution in [0.15, 0.2) is 17.0 Å². The number of hydrogen-bond donors (Lipinski definition) is 1. The van der Waals surface area contributed by atoms with E-state index >= 15 is 0 Å². The van der Waals surface area contributed by atoms with Gasteiger partial charge in [0.05, 0.1) is 24.8 Å². The molecule has 0 aromatic carbocycles. The van der Waals surface area contributed by atoms with E-state index in [-0.39, 0.29) is 12.0 Å². The van der Waals surface area contributed by atoms with E-state index in [0.29, 0.717) is 19.4 Å². The molecule has 0 radical (unpaired) electrons. The Morgan fingerprint density at radius 3 is 3.05 bits per heavy atom. The molecular formula is C13H17N3O2S2. The number of carbonyl (C=O) groups excluding carboxylic acids is 1. The maximum Gasteiger partial charge on any atom is 0.306 e. The maximum atomic E-state index is 11.3. The minimum Gasteiger partial charge on any atom is -0.466 e. The van der Waals surface area contributed by atoms with E-state index in [2.05, 4.69) is 22.2 Å². The highest BCUT2D eigenvalue weighted by Crippen LogP contribution is 2.23. The zero-order valence-electron chi connectivity index (χ0n) is 11.5. The average Bonchev–Trinajstić information content (AvgIpc) is 3.08. The SMILES string of the molecule is CCOC(=O)CCc1csc(NC(C)c2nccs2)n1. The molecule has 0 saturated carbocycles. The van der Waals surface area contributed by atoms with Crippen LogP contribution >= 0.6 is 22.7 Å². The number of anilines is 1. The summed E-state index contributed by atoms with van der Waals surface area (Å²) in [5.74, 6) is -0.175. The van der Waals surface area contributed by atoms with Gasteiger partial charge in [-0.25, -0.2) is 9.97 Å². The molecule has 2 aromatic rings. The van der Waals surface area contributed by atoms with Crippen LogP contribution in [0.25, 0.3) is 0 Å². The summed E-state index contributed by atoms with van der Waals surface area (Å²) in [6.07, 6.45) is 2.78. The first kappa shape index (κ1) is 14.9. The van der Waals surface area contributed by atoms with Crippen molar-refractivity contribution in [1.29, 1.82) is 0 Å². The first-order valence-corrected chi connectivity index (χ1v) is 8.21. The summed E-state index contributed by atoms with van der Waals surface area (Å²) in [5.41, 5.74) is 0.914. The summed E-state index contributed by atoms with van der Waals surface area (Å²) < 4.78 is 4.90. The highest BCUT2D eigenvalue weighted by Gasteiger charge is 2.11. The number of aromatic nitrogens is 2. The van der Waals surface area contributed by atoms with Crippen LogP contribution in [-0.4, -0.2) is 22.5 Å². The standard InChI is InChI=1S/C13H17N3O2S2/c1-3-18-11(17)5-4-10-8-20-13(16-10)15-9(2)12-14-6-7-19-12/h6-9H,3-5H2,1-2H3,(H,15,16). The number of hydrogen-bond acceptors (Lipinski definition) is 7. The van der Waals surface area contributed by atoms with Gasteiger partial charge in [0.25, 0.3) is 0 Å². The van der Waals surface area contributed by atoms with Gasteiger partial charge in [-0.05, 0) is 13.8 Å². The third kappa shape index (κ3) is 4.28. The summed E-state index contributed by atoms with van der Waals surface area (Å²) in [6, 6.07) is 0.138. The Kier molecular flexibility index (Phi) is 5.49. The molecule has 0 spiro atoms. The second-order valence-electron chi connectivity index (χ2n) is 4.19. The molecule has 0 aliphatic rings. The molecule has 0 amide bonds. The molecular weight excluding hydrogens is 294 g/mol. The Bertz CT molecular complexity index is 540. The molecule has 2 aromatic heterocycles. The number of aryl methyl sites for hydroxylation is 1. The minimum absolute atomic E-state index is 0.138. The number of thiazole rings is 2. The van der Waals surface area contributed by atoms with Gasteiger partial charge in [0.1, 0.15) is 5.01 Å². The van der Waals surface area contributed by atoms with E-state index in [0.717, 1.165) is 15.8 Å². The lowest BCUT2D eigenvalue weighted by Crippen LogP contribution is -2.07. The van der Waals surface area contributed by atoms with Crippen molar-refractivity contribution < 1.29 is 9.53 Å². The van der Waals surface area contributed by atoms with Crippen molar-refractivity contribution >= 4 is 33.8 Å². The fraction of sp³-hybridized carbons (Fsp3) is 0.462. The van der Waals surface area contributed by atoms with Crippen molar-refractivity contribution in [2.45, 2.75) is 32.7 Å². The number of rotatable bonds is 7. The topological polar surface area (TPSA) is 64.1 Å². The zero-order valence-corrected chi connectivity index (χ0v) is 13.1. The predicted octanol–water partition coefficient (Wildman–Crippen LogP) is 3.27. The van der Waals surface area contributed by atoms with E-state index in [1.807, 2.05) is 17.7 Å². The van der Waals surface area contributed by atoms with Crippen molar-refractivity contribution in [2.75, 3.05) is 11.9 Å². The van der Waals surface area contributed by atoms with E-state index in [4.69, 9.17) is 4.74 Å². The number of nitrogens with one attached hydrogen (secondary N) is 1. The third-order valence-electron chi connectivity index (χ3n) is 2.60. The summed E-state index contributed by atoms with van der Waals surface area (Å²) >= 11 is 3.16. The highest BCUT2D eigenvalue weighted by atomic mass is 32.1. The number of ether oxygens (including phenoxy) is 1. The van der Waals surface area contributed by atoms with E-state index in [1.165, 1.54) is 0 Å². The molecule has 1 unspecified atom stereocenters. The average molecular weight is 311 g/mol. The normalized spacial score (nSPS) is 12.1. The molecule has 5 nitrogen and oxygen atoms in total. The Morgan fingerprint density at radius 1 is 1.50 bits per heavy atom. The fourth-order valence-corrected chi connectivity index (χ4v) is 3.13. The van der Waals surface area contributed by atoms with Crippen LogP contribution in [0.1, 0.15) is 37.0 Å². The lowest BCUT2D eigenvalue weighted by molar-refractivity contribution is -0.143. The van der Waals surface area contributed by atoms with Gasteiger partial charge in [-0.3, -0.25) is 4.79 Å². The van der Waals surface area contributed by atoms with Gasteiger partial charge >= 0.3 is 5.97 Å². The monoisotopic (exact) mass is 311 g/mol. The van der Waals surface area contributed by atoms with Gasteiger partial charge in [-0.2, -0.15) is 0 Å². The number of nitrogens with zero attached hydrogens (tertiary/aromatic N) is 2. The Balaban J connectivity index is 1.84. The summed E-state index contributed by atoms with van der Waals surface area (Å²) in [4.78, 5) is 20.0. The molecule has 0 fully saturated rings. The van der Waals surface area contributed by atoms with Gasteiger partial charge in [-0.15, -0.1) is 22.7 Å². The van der Waals surface area contributed by atoms with Crippen LogP contribution in [0.3, 0.4) is 0 Å². The van der Waals surface area contributed by atoms with Crippen molar-refractivity contribution in [2.24, 2.45) is 0 Å². The fourth-order valence-electron chi connectivity index (χ4n) is 1.65. The Morgan fingerprint density at radius 2 is 2.35 bits per heavy atom. The minimum atomic E-state index is -0.175. The summed E-state index contributed by atoms with van der Waals surface area (Å²) in [5, 5.41) is 9.13. The zero-order chi connectivity index (χ0) is 14.4. The molecule has 0 aliphatic carbocycles. The van der Waals surface area contributed by atoms with E-state index in [1.54, 1.807) is 28.9 Å². The number of esters is 1. The molecule has 108 valence electrons. The number of carbonyl (C=O) groups is 1. The van der Waals surface area contributed by atoms with Gasteiger partial charge in [0, 0.05) is 23.4 Å².